The highest BCUT2D eigenvalue weighted by molar-refractivity contribution is 5.90. The molecule has 0 spiro atoms. The van der Waals surface area contributed by atoms with E-state index in [0.29, 0.717) is 17.4 Å². The van der Waals surface area contributed by atoms with Crippen molar-refractivity contribution >= 4 is 23.6 Å². The van der Waals surface area contributed by atoms with Crippen LogP contribution in [0, 0.1) is 6.92 Å². The molecule has 0 saturated heterocycles. The smallest absolute Gasteiger partial charge is 0.342 e. The van der Waals surface area contributed by atoms with E-state index in [-0.39, 0.29) is 18.4 Å². The van der Waals surface area contributed by atoms with Gasteiger partial charge in [-0.05, 0) is 31.9 Å². The van der Waals surface area contributed by atoms with Gasteiger partial charge in [0.1, 0.15) is 5.56 Å². The summed E-state index contributed by atoms with van der Waals surface area (Å²) in [4.78, 5) is 24.9. The van der Waals surface area contributed by atoms with Crippen LogP contribution >= 0.6 is 0 Å². The number of aryl methyl sites for hydroxylation is 2. The summed E-state index contributed by atoms with van der Waals surface area (Å²) in [5, 5.41) is 7.45. The number of rotatable bonds is 6. The normalized spacial score (nSPS) is 13.4. The maximum Gasteiger partial charge on any atom is 0.342 e. The SMILES string of the molecule is Cc1ccc(Nc2nc(N)nc(COC(=O)c3cn(C)nc3C3CC3)n2)cc1. The Morgan fingerprint density at radius 1 is 1.25 bits per heavy atom. The van der Waals surface area contributed by atoms with Gasteiger partial charge in [0.2, 0.25) is 11.9 Å². The van der Waals surface area contributed by atoms with Crippen LogP contribution in [0.4, 0.5) is 17.6 Å². The van der Waals surface area contributed by atoms with E-state index in [1.165, 1.54) is 0 Å². The third-order valence-corrected chi connectivity index (χ3v) is 4.38. The van der Waals surface area contributed by atoms with Gasteiger partial charge >= 0.3 is 5.97 Å². The average Bonchev–Trinajstić information content (AvgIpc) is 3.43. The number of nitrogens with one attached hydrogen (secondary N) is 1. The summed E-state index contributed by atoms with van der Waals surface area (Å²) < 4.78 is 7.03. The number of ether oxygens (including phenoxy) is 1. The van der Waals surface area contributed by atoms with Crippen LogP contribution in [0.2, 0.25) is 0 Å². The monoisotopic (exact) mass is 379 g/mol. The lowest BCUT2D eigenvalue weighted by Crippen LogP contribution is -2.11. The lowest BCUT2D eigenvalue weighted by Gasteiger charge is -2.08. The van der Waals surface area contributed by atoms with Gasteiger partial charge in [0, 0.05) is 24.8 Å². The first kappa shape index (κ1) is 17.9. The molecule has 3 aromatic rings. The van der Waals surface area contributed by atoms with Crippen molar-refractivity contribution < 1.29 is 9.53 Å². The molecular formula is C19H21N7O2. The highest BCUT2D eigenvalue weighted by Gasteiger charge is 2.31. The van der Waals surface area contributed by atoms with Crippen LogP contribution < -0.4 is 11.1 Å². The lowest BCUT2D eigenvalue weighted by molar-refractivity contribution is 0.0460. The largest absolute Gasteiger partial charge is 0.454 e. The van der Waals surface area contributed by atoms with E-state index < -0.39 is 5.97 Å². The topological polar surface area (TPSA) is 121 Å². The third-order valence-electron chi connectivity index (χ3n) is 4.38. The van der Waals surface area contributed by atoms with Crippen molar-refractivity contribution in [3.8, 4) is 0 Å². The fourth-order valence-electron chi connectivity index (χ4n) is 2.85. The molecular weight excluding hydrogens is 358 g/mol. The van der Waals surface area contributed by atoms with E-state index in [9.17, 15) is 4.79 Å². The van der Waals surface area contributed by atoms with Gasteiger partial charge in [0.05, 0.1) is 5.69 Å². The van der Waals surface area contributed by atoms with Gasteiger partial charge in [-0.25, -0.2) is 4.79 Å². The van der Waals surface area contributed by atoms with Crippen molar-refractivity contribution in [2.24, 2.45) is 7.05 Å². The van der Waals surface area contributed by atoms with Crippen LogP contribution in [0.5, 0.6) is 0 Å². The van der Waals surface area contributed by atoms with E-state index in [1.807, 2.05) is 31.2 Å². The fraction of sp³-hybridized carbons (Fsp3) is 0.316. The molecule has 1 saturated carbocycles. The predicted octanol–water partition coefficient (Wildman–Crippen LogP) is 2.47. The minimum absolute atomic E-state index is 0.0516. The quantitative estimate of drug-likeness (QED) is 0.627. The number of nitrogen functional groups attached to an aromatic ring is 1. The van der Waals surface area contributed by atoms with Crippen molar-refractivity contribution in [2.75, 3.05) is 11.1 Å². The zero-order valence-corrected chi connectivity index (χ0v) is 15.7. The van der Waals surface area contributed by atoms with Crippen LogP contribution in [0.15, 0.2) is 30.5 Å². The number of esters is 1. The summed E-state index contributed by atoms with van der Waals surface area (Å²) in [6.07, 6.45) is 3.78. The van der Waals surface area contributed by atoms with Gasteiger partial charge in [-0.1, -0.05) is 17.7 Å². The number of carbonyl (C=O) groups excluding carboxylic acids is 1. The molecule has 1 aliphatic carbocycles. The number of benzene rings is 1. The van der Waals surface area contributed by atoms with Crippen molar-refractivity contribution in [1.29, 1.82) is 0 Å². The second-order valence-corrected chi connectivity index (χ2v) is 6.88. The molecule has 2 aromatic heterocycles. The molecule has 2 heterocycles. The highest BCUT2D eigenvalue weighted by atomic mass is 16.5. The number of hydrogen-bond donors (Lipinski definition) is 2. The molecule has 0 bridgehead atoms. The summed E-state index contributed by atoms with van der Waals surface area (Å²) >= 11 is 0. The Labute approximate surface area is 162 Å². The predicted molar refractivity (Wildman–Crippen MR) is 103 cm³/mol. The third kappa shape index (κ3) is 4.08. The Morgan fingerprint density at radius 3 is 2.71 bits per heavy atom. The van der Waals surface area contributed by atoms with Gasteiger partial charge in [-0.15, -0.1) is 0 Å². The second kappa shape index (κ2) is 7.26. The van der Waals surface area contributed by atoms with Gasteiger partial charge < -0.3 is 15.8 Å². The highest BCUT2D eigenvalue weighted by Crippen LogP contribution is 2.40. The molecule has 3 N–H and O–H groups in total. The number of carbonyl (C=O) groups is 1. The Morgan fingerprint density at radius 2 is 2.00 bits per heavy atom. The Hall–Kier alpha value is -3.49. The first-order valence-corrected chi connectivity index (χ1v) is 9.03. The van der Waals surface area contributed by atoms with Gasteiger partial charge in [0.15, 0.2) is 12.4 Å². The van der Waals surface area contributed by atoms with E-state index in [1.54, 1.807) is 17.9 Å². The van der Waals surface area contributed by atoms with Crippen LogP contribution in [0.1, 0.15) is 46.2 Å². The standard InChI is InChI=1S/C19H21N7O2/c1-11-3-7-13(8-4-11)21-19-23-15(22-18(20)24-19)10-28-17(27)14-9-26(2)25-16(14)12-5-6-12/h3-4,7-9,12H,5-6,10H2,1-2H3,(H3,20,21,22,23,24). The number of aromatic nitrogens is 5. The average molecular weight is 379 g/mol. The van der Waals surface area contributed by atoms with Crippen LogP contribution in [-0.4, -0.2) is 30.7 Å². The van der Waals surface area contributed by atoms with Gasteiger partial charge in [-0.2, -0.15) is 20.1 Å². The maximum absolute atomic E-state index is 12.5. The number of nitrogens with two attached hydrogens (primary N) is 1. The number of nitrogens with zero attached hydrogens (tertiary/aromatic N) is 5. The zero-order valence-electron chi connectivity index (χ0n) is 15.7. The maximum atomic E-state index is 12.5. The van der Waals surface area contributed by atoms with Crippen molar-refractivity contribution in [2.45, 2.75) is 32.3 Å². The lowest BCUT2D eigenvalue weighted by atomic mass is 10.2. The second-order valence-electron chi connectivity index (χ2n) is 6.88. The molecule has 144 valence electrons. The molecule has 0 atom stereocenters. The minimum Gasteiger partial charge on any atom is -0.454 e. The summed E-state index contributed by atoms with van der Waals surface area (Å²) in [7, 11) is 1.79. The van der Waals surface area contributed by atoms with Crippen LogP contribution in [0.3, 0.4) is 0 Å². The number of anilines is 3. The van der Waals surface area contributed by atoms with Crippen LogP contribution in [0.25, 0.3) is 0 Å². The molecule has 0 amide bonds. The van der Waals surface area contributed by atoms with Crippen molar-refractivity contribution in [1.82, 2.24) is 24.7 Å². The van der Waals surface area contributed by atoms with E-state index in [4.69, 9.17) is 10.5 Å². The molecule has 0 unspecified atom stereocenters. The first-order chi connectivity index (χ1) is 13.5. The van der Waals surface area contributed by atoms with Gasteiger partial charge in [0.25, 0.3) is 0 Å². The summed E-state index contributed by atoms with van der Waals surface area (Å²) in [6, 6.07) is 7.77. The Kier molecular flexibility index (Phi) is 4.64. The molecule has 4 rings (SSSR count). The van der Waals surface area contributed by atoms with Crippen LogP contribution in [-0.2, 0) is 18.4 Å². The minimum atomic E-state index is -0.443. The molecule has 0 radical (unpaired) electrons. The first-order valence-electron chi connectivity index (χ1n) is 9.03. The van der Waals surface area contributed by atoms with Crippen molar-refractivity contribution in [3.05, 3.63) is 53.1 Å². The van der Waals surface area contributed by atoms with E-state index in [0.717, 1.165) is 29.8 Å². The summed E-state index contributed by atoms with van der Waals surface area (Å²) in [5.41, 5.74) is 9.03. The van der Waals surface area contributed by atoms with E-state index in [2.05, 4.69) is 25.4 Å². The molecule has 1 aromatic carbocycles. The molecule has 0 aliphatic heterocycles. The van der Waals surface area contributed by atoms with Crippen molar-refractivity contribution in [3.63, 3.8) is 0 Å². The molecule has 28 heavy (non-hydrogen) atoms. The Bertz CT molecular complexity index is 1010. The zero-order chi connectivity index (χ0) is 19.7. The summed E-state index contributed by atoms with van der Waals surface area (Å²) in [5.74, 6) is 0.523. The van der Waals surface area contributed by atoms with Gasteiger partial charge in [-0.3, -0.25) is 4.68 Å². The Balaban J connectivity index is 1.45. The summed E-state index contributed by atoms with van der Waals surface area (Å²) in [6.45, 7) is 1.90. The fourth-order valence-corrected chi connectivity index (χ4v) is 2.85. The molecule has 1 fully saturated rings. The molecule has 9 heteroatoms. The van der Waals surface area contributed by atoms with E-state index >= 15 is 0 Å². The number of hydrogen-bond acceptors (Lipinski definition) is 8. The molecule has 1 aliphatic rings. The molecule has 9 nitrogen and oxygen atoms in total.